The maximum absolute atomic E-state index is 2.37. The van der Waals surface area contributed by atoms with Crippen LogP contribution in [0.2, 0.25) is 0 Å². The van der Waals surface area contributed by atoms with Crippen LogP contribution in [-0.2, 0) is 0 Å². The van der Waals surface area contributed by atoms with Crippen molar-refractivity contribution in [3.05, 3.63) is 249 Å². The van der Waals surface area contributed by atoms with Crippen molar-refractivity contribution in [1.82, 2.24) is 0 Å². The molecule has 10 aromatic rings. The second-order valence-electron chi connectivity index (χ2n) is 14.9. The quantitative estimate of drug-likeness (QED) is 0.142. The van der Waals surface area contributed by atoms with E-state index in [1.165, 1.54) is 77.5 Å². The molecule has 10 aromatic carbocycles. The second-order valence-corrected chi connectivity index (χ2v) is 14.9. The van der Waals surface area contributed by atoms with E-state index >= 15 is 0 Å². The third-order valence-corrected chi connectivity index (χ3v) is 11.3. The molecule has 0 saturated carbocycles. The van der Waals surface area contributed by atoms with Crippen molar-refractivity contribution >= 4 is 27.8 Å². The normalized spacial score (nSPS) is 11.1. The minimum atomic E-state index is 1.10. The van der Waals surface area contributed by atoms with Crippen LogP contribution in [0.1, 0.15) is 0 Å². The predicted octanol–water partition coefficient (Wildman–Crippen LogP) is 16.3. The first kappa shape index (κ1) is 35.7. The van der Waals surface area contributed by atoms with Gasteiger partial charge in [0.15, 0.2) is 0 Å². The van der Waals surface area contributed by atoms with E-state index in [1.54, 1.807) is 0 Å². The Bertz CT molecular complexity index is 2920. The standard InChI is InChI=1S/C58H41N/c1-4-16-42(17-5-1)44-30-35-50(36-31-44)59(51-37-32-45(33-38-51)43-18-6-2-7-19-43)52-39-34-46-28-29-48(40-49(46)41-52)54-23-11-13-25-56(54)58-27-15-14-26-57(58)55-24-12-10-22-53(55)47-20-8-3-9-21-47/h1-41H. The molecular formula is C58H41N. The smallest absolute Gasteiger partial charge is 0.0468 e. The van der Waals surface area contributed by atoms with Gasteiger partial charge in [-0.2, -0.15) is 0 Å². The molecule has 0 bridgehead atoms. The topological polar surface area (TPSA) is 3.24 Å². The third-order valence-electron chi connectivity index (χ3n) is 11.3. The molecule has 0 aliphatic heterocycles. The molecule has 1 heteroatoms. The number of anilines is 3. The van der Waals surface area contributed by atoms with E-state index in [4.69, 9.17) is 0 Å². The van der Waals surface area contributed by atoms with Gasteiger partial charge in [0.1, 0.15) is 0 Å². The van der Waals surface area contributed by atoms with Gasteiger partial charge in [-0.1, -0.05) is 206 Å². The zero-order valence-corrected chi connectivity index (χ0v) is 32.6. The van der Waals surface area contributed by atoms with E-state index in [9.17, 15) is 0 Å². The molecule has 0 fully saturated rings. The number of fused-ring (bicyclic) bond motifs is 1. The lowest BCUT2D eigenvalue weighted by molar-refractivity contribution is 1.29. The molecule has 0 heterocycles. The molecule has 0 radical (unpaired) electrons. The van der Waals surface area contributed by atoms with Crippen LogP contribution in [-0.4, -0.2) is 0 Å². The Morgan fingerprint density at radius 3 is 0.983 bits per heavy atom. The first-order valence-electron chi connectivity index (χ1n) is 20.3. The summed E-state index contributed by atoms with van der Waals surface area (Å²) in [6.45, 7) is 0. The van der Waals surface area contributed by atoms with E-state index in [0.29, 0.717) is 0 Å². The fourth-order valence-electron chi connectivity index (χ4n) is 8.37. The highest BCUT2D eigenvalue weighted by Crippen LogP contribution is 2.43. The molecular weight excluding hydrogens is 711 g/mol. The highest BCUT2D eigenvalue weighted by Gasteiger charge is 2.17. The number of benzene rings is 10. The first-order chi connectivity index (χ1) is 29.3. The number of nitrogens with zero attached hydrogens (tertiary/aromatic N) is 1. The largest absolute Gasteiger partial charge is 0.310 e. The maximum Gasteiger partial charge on any atom is 0.0468 e. The summed E-state index contributed by atoms with van der Waals surface area (Å²) in [6, 6.07) is 89.8. The van der Waals surface area contributed by atoms with Crippen LogP contribution in [0.25, 0.3) is 77.5 Å². The summed E-state index contributed by atoms with van der Waals surface area (Å²) in [5.41, 5.74) is 17.8. The van der Waals surface area contributed by atoms with Crippen LogP contribution < -0.4 is 4.90 Å². The first-order valence-corrected chi connectivity index (χ1v) is 20.3. The van der Waals surface area contributed by atoms with E-state index in [2.05, 4.69) is 254 Å². The fraction of sp³-hybridized carbons (Fsp3) is 0. The second kappa shape index (κ2) is 16.0. The van der Waals surface area contributed by atoms with Crippen molar-refractivity contribution in [1.29, 1.82) is 0 Å². The van der Waals surface area contributed by atoms with Gasteiger partial charge in [0.25, 0.3) is 0 Å². The SMILES string of the molecule is c1ccc(-c2ccc(N(c3ccc(-c4ccccc4)cc3)c3ccc4ccc(-c5ccccc5-c5ccccc5-c5ccccc5-c5ccccc5)cc4c3)cc2)cc1. The van der Waals surface area contributed by atoms with Gasteiger partial charge >= 0.3 is 0 Å². The summed E-state index contributed by atoms with van der Waals surface area (Å²) in [6.07, 6.45) is 0. The van der Waals surface area contributed by atoms with Gasteiger partial charge in [-0.3, -0.25) is 0 Å². The average molecular weight is 752 g/mol. The van der Waals surface area contributed by atoms with Gasteiger partial charge in [0.2, 0.25) is 0 Å². The van der Waals surface area contributed by atoms with Crippen LogP contribution in [0.4, 0.5) is 17.1 Å². The van der Waals surface area contributed by atoms with Crippen molar-refractivity contribution in [2.24, 2.45) is 0 Å². The van der Waals surface area contributed by atoms with Crippen LogP contribution in [0.3, 0.4) is 0 Å². The predicted molar refractivity (Wildman–Crippen MR) is 251 cm³/mol. The van der Waals surface area contributed by atoms with Crippen LogP contribution >= 0.6 is 0 Å². The zero-order chi connectivity index (χ0) is 39.4. The van der Waals surface area contributed by atoms with E-state index in [-0.39, 0.29) is 0 Å². The van der Waals surface area contributed by atoms with E-state index in [1.807, 2.05) is 0 Å². The summed E-state index contributed by atoms with van der Waals surface area (Å²) in [5.74, 6) is 0. The maximum atomic E-state index is 2.37. The highest BCUT2D eigenvalue weighted by molar-refractivity contribution is 5.98. The molecule has 278 valence electrons. The molecule has 0 amide bonds. The van der Waals surface area contributed by atoms with Gasteiger partial charge in [-0.25, -0.2) is 0 Å². The number of hydrogen-bond donors (Lipinski definition) is 0. The lowest BCUT2D eigenvalue weighted by Crippen LogP contribution is -2.09. The lowest BCUT2D eigenvalue weighted by Gasteiger charge is -2.26. The van der Waals surface area contributed by atoms with E-state index in [0.717, 1.165) is 17.1 Å². The fourth-order valence-corrected chi connectivity index (χ4v) is 8.37. The van der Waals surface area contributed by atoms with Crippen molar-refractivity contribution < 1.29 is 0 Å². The Labute approximate surface area is 346 Å². The van der Waals surface area contributed by atoms with Crippen molar-refractivity contribution in [3.8, 4) is 66.8 Å². The van der Waals surface area contributed by atoms with Gasteiger partial charge in [-0.05, 0) is 120 Å². The van der Waals surface area contributed by atoms with Gasteiger partial charge in [0.05, 0.1) is 0 Å². The summed E-state index contributed by atoms with van der Waals surface area (Å²) in [7, 11) is 0. The summed E-state index contributed by atoms with van der Waals surface area (Å²) < 4.78 is 0. The minimum absolute atomic E-state index is 1.10. The Hall–Kier alpha value is -7.74. The molecule has 0 saturated heterocycles. The van der Waals surface area contributed by atoms with Crippen molar-refractivity contribution in [2.45, 2.75) is 0 Å². The minimum Gasteiger partial charge on any atom is -0.310 e. The summed E-state index contributed by atoms with van der Waals surface area (Å²) >= 11 is 0. The molecule has 0 spiro atoms. The Morgan fingerprint density at radius 2 is 0.508 bits per heavy atom. The zero-order valence-electron chi connectivity index (χ0n) is 32.6. The number of rotatable bonds is 9. The van der Waals surface area contributed by atoms with Gasteiger partial charge in [-0.15, -0.1) is 0 Å². The molecule has 0 aliphatic rings. The monoisotopic (exact) mass is 751 g/mol. The van der Waals surface area contributed by atoms with Crippen LogP contribution in [0.15, 0.2) is 249 Å². The molecule has 1 nitrogen and oxygen atoms in total. The summed E-state index contributed by atoms with van der Waals surface area (Å²) in [4.78, 5) is 2.37. The van der Waals surface area contributed by atoms with Crippen molar-refractivity contribution in [3.63, 3.8) is 0 Å². The number of hydrogen-bond acceptors (Lipinski definition) is 1. The molecule has 0 aliphatic carbocycles. The summed E-state index contributed by atoms with van der Waals surface area (Å²) in [5, 5.41) is 2.38. The van der Waals surface area contributed by atoms with E-state index < -0.39 is 0 Å². The Morgan fingerprint density at radius 1 is 0.186 bits per heavy atom. The van der Waals surface area contributed by atoms with Crippen LogP contribution in [0.5, 0.6) is 0 Å². The third kappa shape index (κ3) is 7.23. The molecule has 59 heavy (non-hydrogen) atoms. The Kier molecular flexibility index (Phi) is 9.68. The van der Waals surface area contributed by atoms with Gasteiger partial charge < -0.3 is 4.90 Å². The van der Waals surface area contributed by atoms with Crippen molar-refractivity contribution in [2.75, 3.05) is 4.90 Å². The van der Waals surface area contributed by atoms with Crippen LogP contribution in [0, 0.1) is 0 Å². The highest BCUT2D eigenvalue weighted by atomic mass is 15.1. The molecule has 0 N–H and O–H groups in total. The molecule has 0 aromatic heterocycles. The lowest BCUT2D eigenvalue weighted by atomic mass is 9.86. The molecule has 0 atom stereocenters. The van der Waals surface area contributed by atoms with Gasteiger partial charge in [0, 0.05) is 17.1 Å². The Balaban J connectivity index is 1.06. The molecule has 10 rings (SSSR count). The average Bonchev–Trinajstić information content (AvgIpc) is 3.33. The molecule has 0 unspecified atom stereocenters.